The van der Waals surface area contributed by atoms with Crippen molar-refractivity contribution >= 4 is 17.3 Å². The summed E-state index contributed by atoms with van der Waals surface area (Å²) in [6.45, 7) is 0.300. The van der Waals surface area contributed by atoms with E-state index in [4.69, 9.17) is 5.26 Å². The molecule has 2 heterocycles. The topological polar surface area (TPSA) is 96.3 Å². The zero-order valence-corrected chi connectivity index (χ0v) is 16.6. The van der Waals surface area contributed by atoms with E-state index in [1.807, 2.05) is 6.07 Å². The monoisotopic (exact) mass is 458 g/mol. The largest absolute Gasteiger partial charge is 0.507 e. The number of nitrogens with zero attached hydrogens (tertiary/aromatic N) is 2. The number of rotatable bonds is 5. The van der Waals surface area contributed by atoms with E-state index in [0.29, 0.717) is 12.2 Å². The van der Waals surface area contributed by atoms with Gasteiger partial charge in [-0.3, -0.25) is 4.79 Å². The number of amides is 1. The second-order valence-corrected chi connectivity index (χ2v) is 6.91. The summed E-state index contributed by atoms with van der Waals surface area (Å²) in [6.07, 6.45) is -8.19. The Morgan fingerprint density at radius 1 is 1.00 bits per heavy atom. The van der Waals surface area contributed by atoms with Crippen LogP contribution in [0.2, 0.25) is 0 Å². The van der Waals surface area contributed by atoms with Crippen LogP contribution in [-0.2, 0) is 6.54 Å². The Hall–Kier alpha value is -4.33. The van der Waals surface area contributed by atoms with E-state index in [-0.39, 0.29) is 16.9 Å². The fourth-order valence-electron chi connectivity index (χ4n) is 3.02. The number of alkyl halides is 4. The predicted molar refractivity (Wildman–Crippen MR) is 108 cm³/mol. The first-order chi connectivity index (χ1) is 15.7. The molecule has 0 bridgehead atoms. The summed E-state index contributed by atoms with van der Waals surface area (Å²) < 4.78 is 61.6. The minimum atomic E-state index is -4.86. The number of nitriles is 1. The van der Waals surface area contributed by atoms with E-state index in [1.165, 1.54) is 18.3 Å². The van der Waals surface area contributed by atoms with Crippen molar-refractivity contribution in [3.63, 3.8) is 0 Å². The third kappa shape index (κ3) is 4.50. The Kier molecular flexibility index (Phi) is 5.51. The number of hydrogen-bond donors (Lipinski definition) is 2. The lowest BCUT2D eigenvalue weighted by Crippen LogP contribution is -2.52. The van der Waals surface area contributed by atoms with Crippen LogP contribution >= 0.6 is 0 Å². The summed E-state index contributed by atoms with van der Waals surface area (Å²) in [4.78, 5) is 16.7. The molecule has 33 heavy (non-hydrogen) atoms. The van der Waals surface area contributed by atoms with E-state index >= 15 is 0 Å². The minimum Gasteiger partial charge on any atom is -0.421 e. The van der Waals surface area contributed by atoms with Crippen LogP contribution in [0.3, 0.4) is 0 Å². The third-order valence-electron chi connectivity index (χ3n) is 4.61. The highest BCUT2D eigenvalue weighted by molar-refractivity contribution is 6.08. The standard InChI is InChI=1S/C22H14F4N4O3/c23-21(24)22(25,26)33-19-10-14(5-6-18(19)32-21)30-20(31)16-3-1-2-4-17(16)29-12-13-7-8-28-15(9-13)11-27/h1-10,29H,12H2,(H,30,31). The SMILES string of the molecule is N#Cc1cc(CNc2ccccc2C(=O)Nc2ccc3c(c2)OC(F)(F)C(F)(F)O3)ccn1. The molecule has 0 aliphatic carbocycles. The van der Waals surface area contributed by atoms with Gasteiger partial charge in [-0.2, -0.15) is 22.8 Å². The van der Waals surface area contributed by atoms with Crippen LogP contribution in [-0.4, -0.2) is 23.1 Å². The van der Waals surface area contributed by atoms with Crippen LogP contribution in [0.25, 0.3) is 0 Å². The number of benzene rings is 2. The van der Waals surface area contributed by atoms with Gasteiger partial charge in [-0.15, -0.1) is 0 Å². The molecule has 4 rings (SSSR count). The highest BCUT2D eigenvalue weighted by atomic mass is 19.3. The molecule has 168 valence electrons. The van der Waals surface area contributed by atoms with Crippen LogP contribution < -0.4 is 20.1 Å². The van der Waals surface area contributed by atoms with Gasteiger partial charge in [0.2, 0.25) is 0 Å². The average Bonchev–Trinajstić information content (AvgIpc) is 2.78. The molecule has 0 radical (unpaired) electrons. The lowest BCUT2D eigenvalue weighted by atomic mass is 10.1. The Balaban J connectivity index is 1.50. The third-order valence-corrected chi connectivity index (χ3v) is 4.61. The molecule has 3 aromatic rings. The number of anilines is 2. The van der Waals surface area contributed by atoms with Gasteiger partial charge in [-0.05, 0) is 42.0 Å². The van der Waals surface area contributed by atoms with Crippen molar-refractivity contribution in [2.24, 2.45) is 0 Å². The van der Waals surface area contributed by atoms with Gasteiger partial charge in [0.05, 0.1) is 5.56 Å². The molecule has 1 aromatic heterocycles. The predicted octanol–water partition coefficient (Wildman–Crippen LogP) is 4.77. The van der Waals surface area contributed by atoms with Gasteiger partial charge in [-0.1, -0.05) is 12.1 Å². The van der Waals surface area contributed by atoms with Gasteiger partial charge in [0.25, 0.3) is 5.91 Å². The molecule has 0 spiro atoms. The van der Waals surface area contributed by atoms with E-state index < -0.39 is 29.6 Å². The van der Waals surface area contributed by atoms with Crippen molar-refractivity contribution < 1.29 is 31.8 Å². The van der Waals surface area contributed by atoms with Gasteiger partial charge >= 0.3 is 12.2 Å². The second-order valence-electron chi connectivity index (χ2n) is 6.91. The van der Waals surface area contributed by atoms with Crippen LogP contribution in [0.4, 0.5) is 28.9 Å². The van der Waals surface area contributed by atoms with Crippen LogP contribution in [0.1, 0.15) is 21.6 Å². The fourth-order valence-corrected chi connectivity index (χ4v) is 3.02. The normalized spacial score (nSPS) is 15.2. The lowest BCUT2D eigenvalue weighted by Gasteiger charge is -2.31. The molecule has 0 unspecified atom stereocenters. The summed E-state index contributed by atoms with van der Waals surface area (Å²) >= 11 is 0. The van der Waals surface area contributed by atoms with E-state index in [1.54, 1.807) is 30.3 Å². The molecule has 0 saturated heterocycles. The summed E-state index contributed by atoms with van der Waals surface area (Å²) in [7, 11) is 0. The highest BCUT2D eigenvalue weighted by Gasteiger charge is 2.65. The maximum absolute atomic E-state index is 13.4. The Labute approximate surface area is 184 Å². The van der Waals surface area contributed by atoms with Gasteiger partial charge in [-0.25, -0.2) is 4.98 Å². The molecule has 1 aliphatic rings. The number of fused-ring (bicyclic) bond motifs is 1. The highest BCUT2D eigenvalue weighted by Crippen LogP contribution is 2.47. The number of para-hydroxylation sites is 1. The van der Waals surface area contributed by atoms with E-state index in [0.717, 1.165) is 17.7 Å². The Morgan fingerprint density at radius 2 is 1.73 bits per heavy atom. The first kappa shape index (κ1) is 21.9. The van der Waals surface area contributed by atoms with Crippen molar-refractivity contribution in [2.45, 2.75) is 18.8 Å². The first-order valence-corrected chi connectivity index (χ1v) is 9.45. The molecule has 7 nitrogen and oxygen atoms in total. The van der Waals surface area contributed by atoms with E-state index in [9.17, 15) is 22.4 Å². The first-order valence-electron chi connectivity index (χ1n) is 9.45. The van der Waals surface area contributed by atoms with Crippen molar-refractivity contribution in [3.8, 4) is 17.6 Å². The molecule has 11 heteroatoms. The van der Waals surface area contributed by atoms with Gasteiger partial charge in [0.1, 0.15) is 11.8 Å². The van der Waals surface area contributed by atoms with Gasteiger partial charge in [0.15, 0.2) is 11.5 Å². The van der Waals surface area contributed by atoms with Crippen LogP contribution in [0.5, 0.6) is 11.5 Å². The number of ether oxygens (including phenoxy) is 2. The van der Waals surface area contributed by atoms with E-state index in [2.05, 4.69) is 25.1 Å². The number of carbonyl (C=O) groups is 1. The molecule has 1 aliphatic heterocycles. The molecule has 0 fully saturated rings. The summed E-state index contributed by atoms with van der Waals surface area (Å²) in [5.41, 5.74) is 1.75. The number of nitrogens with one attached hydrogen (secondary N) is 2. The lowest BCUT2D eigenvalue weighted by molar-refractivity contribution is -0.391. The Morgan fingerprint density at radius 3 is 2.48 bits per heavy atom. The van der Waals surface area contributed by atoms with Crippen molar-refractivity contribution in [1.29, 1.82) is 5.26 Å². The number of carbonyl (C=O) groups excluding carboxylic acids is 1. The number of halogens is 4. The second kappa shape index (κ2) is 8.31. The number of aromatic nitrogens is 1. The number of hydrogen-bond acceptors (Lipinski definition) is 6. The summed E-state index contributed by atoms with van der Waals surface area (Å²) in [5, 5.41) is 14.6. The molecule has 1 amide bonds. The molecular weight excluding hydrogens is 444 g/mol. The Bertz CT molecular complexity index is 1260. The maximum atomic E-state index is 13.4. The number of pyridine rings is 1. The molecule has 0 saturated carbocycles. The van der Waals surface area contributed by atoms with Crippen molar-refractivity contribution in [1.82, 2.24) is 4.98 Å². The van der Waals surface area contributed by atoms with Crippen molar-refractivity contribution in [2.75, 3.05) is 10.6 Å². The quantitative estimate of drug-likeness (QED) is 0.535. The van der Waals surface area contributed by atoms with Crippen LogP contribution in [0.15, 0.2) is 60.8 Å². The fraction of sp³-hybridized carbons (Fsp3) is 0.136. The molecule has 2 N–H and O–H groups in total. The summed E-state index contributed by atoms with van der Waals surface area (Å²) in [6, 6.07) is 15.0. The van der Waals surface area contributed by atoms with Gasteiger partial charge in [0, 0.05) is 30.2 Å². The van der Waals surface area contributed by atoms with Gasteiger partial charge < -0.3 is 20.1 Å². The zero-order chi connectivity index (χ0) is 23.6. The molecular formula is C22H14F4N4O3. The van der Waals surface area contributed by atoms with Crippen LogP contribution in [0, 0.1) is 11.3 Å². The smallest absolute Gasteiger partial charge is 0.421 e. The maximum Gasteiger partial charge on any atom is 0.507 e. The molecule has 0 atom stereocenters. The average molecular weight is 458 g/mol. The minimum absolute atomic E-state index is 0.0333. The molecule has 2 aromatic carbocycles. The summed E-state index contributed by atoms with van der Waals surface area (Å²) in [5.74, 6) is -1.81. The van der Waals surface area contributed by atoms with Crippen molar-refractivity contribution in [3.05, 3.63) is 77.6 Å². The zero-order valence-electron chi connectivity index (χ0n) is 16.6.